The summed E-state index contributed by atoms with van der Waals surface area (Å²) in [6, 6.07) is 6.32. The van der Waals surface area contributed by atoms with E-state index in [1.807, 2.05) is 0 Å². The Morgan fingerprint density at radius 2 is 1.52 bits per heavy atom. The zero-order valence-electron chi connectivity index (χ0n) is 14.7. The molecule has 116 valence electrons. The predicted molar refractivity (Wildman–Crippen MR) is 97.0 cm³/mol. The monoisotopic (exact) mass is 301 g/mol. The van der Waals surface area contributed by atoms with Crippen molar-refractivity contribution in [2.24, 2.45) is 5.73 Å². The lowest BCUT2D eigenvalue weighted by molar-refractivity contribution is 0.838. The van der Waals surface area contributed by atoms with Gasteiger partial charge in [-0.1, -0.05) is 59.6 Å². The van der Waals surface area contributed by atoms with Crippen molar-refractivity contribution in [2.45, 2.75) is 71.6 Å². The van der Waals surface area contributed by atoms with E-state index in [0.717, 1.165) is 5.56 Å². The van der Waals surface area contributed by atoms with Crippen molar-refractivity contribution < 1.29 is 0 Å². The third-order valence-electron chi connectivity index (χ3n) is 4.89. The molecule has 0 atom stereocenters. The highest BCUT2D eigenvalue weighted by Gasteiger charge is 2.41. The largest absolute Gasteiger partial charge is 0.326 e. The zero-order chi connectivity index (χ0) is 16.2. The van der Waals surface area contributed by atoms with Gasteiger partial charge in [0.15, 0.2) is 0 Å². The molecule has 21 heavy (non-hydrogen) atoms. The Labute approximate surface area is 132 Å². The van der Waals surface area contributed by atoms with Crippen LogP contribution in [0.3, 0.4) is 0 Å². The number of benzene rings is 1. The molecular weight excluding hydrogens is 270 g/mol. The maximum absolute atomic E-state index is 5.91. The Morgan fingerprint density at radius 3 is 1.95 bits per heavy atom. The van der Waals surface area contributed by atoms with E-state index in [-0.39, 0.29) is 0 Å². The highest BCUT2D eigenvalue weighted by atomic mass is 28.3. The van der Waals surface area contributed by atoms with Crippen molar-refractivity contribution in [3.05, 3.63) is 34.9 Å². The van der Waals surface area contributed by atoms with Crippen molar-refractivity contribution in [3.63, 3.8) is 0 Å². The van der Waals surface area contributed by atoms with E-state index in [2.05, 4.69) is 78.1 Å². The van der Waals surface area contributed by atoms with E-state index in [1.165, 1.54) is 11.1 Å². The number of nitrogens with two attached hydrogens (primary N) is 1. The summed E-state index contributed by atoms with van der Waals surface area (Å²) in [5.74, 6) is 3.52. The van der Waals surface area contributed by atoms with Gasteiger partial charge in [0.05, 0.1) is 0 Å². The third kappa shape index (κ3) is 3.59. The van der Waals surface area contributed by atoms with Crippen LogP contribution in [0.1, 0.15) is 58.2 Å². The lowest BCUT2D eigenvalue weighted by atomic mass is 10.0. The summed E-state index contributed by atoms with van der Waals surface area (Å²) < 4.78 is 0. The van der Waals surface area contributed by atoms with Gasteiger partial charge in [-0.2, -0.15) is 0 Å². The summed E-state index contributed by atoms with van der Waals surface area (Å²) in [6.07, 6.45) is 0. The van der Waals surface area contributed by atoms with E-state index in [1.54, 1.807) is 0 Å². The van der Waals surface area contributed by atoms with Crippen LogP contribution in [0.25, 0.3) is 0 Å². The minimum Gasteiger partial charge on any atom is -0.326 e. The summed E-state index contributed by atoms with van der Waals surface area (Å²) in [6.45, 7) is 16.8. The number of rotatable bonds is 4. The van der Waals surface area contributed by atoms with Gasteiger partial charge in [-0.05, 0) is 40.7 Å². The molecule has 0 fully saturated rings. The third-order valence-corrected chi connectivity index (χ3v) is 11.2. The van der Waals surface area contributed by atoms with Crippen LogP contribution in [-0.4, -0.2) is 8.07 Å². The molecule has 0 heterocycles. The van der Waals surface area contributed by atoms with Crippen LogP contribution < -0.4 is 5.73 Å². The smallest absolute Gasteiger partial charge is 0.146 e. The average molecular weight is 302 g/mol. The summed E-state index contributed by atoms with van der Waals surface area (Å²) >= 11 is 0. The molecule has 0 saturated heterocycles. The van der Waals surface area contributed by atoms with E-state index < -0.39 is 8.07 Å². The fourth-order valence-corrected chi connectivity index (χ4v) is 8.92. The van der Waals surface area contributed by atoms with Crippen LogP contribution in [0.2, 0.25) is 16.6 Å². The highest BCUT2D eigenvalue weighted by molar-refractivity contribution is 6.90. The van der Waals surface area contributed by atoms with Gasteiger partial charge in [-0.25, -0.2) is 0 Å². The Morgan fingerprint density at radius 1 is 1.00 bits per heavy atom. The van der Waals surface area contributed by atoms with Crippen LogP contribution in [0.5, 0.6) is 0 Å². The van der Waals surface area contributed by atoms with Crippen LogP contribution >= 0.6 is 0 Å². The van der Waals surface area contributed by atoms with Gasteiger partial charge < -0.3 is 5.73 Å². The van der Waals surface area contributed by atoms with E-state index in [0.29, 0.717) is 23.2 Å². The zero-order valence-corrected chi connectivity index (χ0v) is 15.7. The Balaban J connectivity index is 3.39. The lowest BCUT2D eigenvalue weighted by Gasteiger charge is -2.38. The maximum atomic E-state index is 5.91. The molecule has 0 aliphatic heterocycles. The Hall–Kier alpha value is -1.04. The standard InChI is InChI=1S/C19H31NSi/c1-14(2)21(15(3)4,16(5)6)12-11-18-10-8-9-17(7)19(18)13-20/h8-10,14-16H,13,20H2,1-7H3. The van der Waals surface area contributed by atoms with E-state index in [4.69, 9.17) is 5.73 Å². The van der Waals surface area contributed by atoms with Crippen LogP contribution in [0, 0.1) is 18.4 Å². The van der Waals surface area contributed by atoms with Crippen molar-refractivity contribution in [2.75, 3.05) is 0 Å². The van der Waals surface area contributed by atoms with Gasteiger partial charge in [-0.3, -0.25) is 0 Å². The molecule has 1 nitrogen and oxygen atoms in total. The Bertz CT molecular complexity index is 510. The highest BCUT2D eigenvalue weighted by Crippen LogP contribution is 2.40. The second kappa shape index (κ2) is 7.29. The molecule has 2 heteroatoms. The molecule has 1 aromatic carbocycles. The van der Waals surface area contributed by atoms with Crippen LogP contribution in [-0.2, 0) is 6.54 Å². The quantitative estimate of drug-likeness (QED) is 0.613. The average Bonchev–Trinajstić information content (AvgIpc) is 2.38. The second-order valence-electron chi connectivity index (χ2n) is 6.95. The number of hydrogen-bond donors (Lipinski definition) is 1. The SMILES string of the molecule is Cc1cccc(C#C[Si](C(C)C)(C(C)C)C(C)C)c1CN. The van der Waals surface area contributed by atoms with Crippen LogP contribution in [0.4, 0.5) is 0 Å². The number of hydrogen-bond acceptors (Lipinski definition) is 1. The van der Waals surface area contributed by atoms with Crippen molar-refractivity contribution in [1.82, 2.24) is 0 Å². The molecule has 0 saturated carbocycles. The van der Waals surface area contributed by atoms with Gasteiger partial charge in [-0.15, -0.1) is 5.54 Å². The van der Waals surface area contributed by atoms with Crippen molar-refractivity contribution >= 4 is 8.07 Å². The van der Waals surface area contributed by atoms with E-state index in [9.17, 15) is 0 Å². The first kappa shape index (κ1) is 18.0. The second-order valence-corrected chi connectivity index (χ2v) is 12.5. The van der Waals surface area contributed by atoms with Crippen molar-refractivity contribution in [1.29, 1.82) is 0 Å². The number of aryl methyl sites for hydroxylation is 1. The van der Waals surface area contributed by atoms with Gasteiger partial charge in [0.25, 0.3) is 0 Å². The lowest BCUT2D eigenvalue weighted by Crippen LogP contribution is -2.43. The van der Waals surface area contributed by atoms with Gasteiger partial charge in [0.1, 0.15) is 8.07 Å². The molecule has 0 unspecified atom stereocenters. The van der Waals surface area contributed by atoms with Gasteiger partial charge in [0, 0.05) is 12.1 Å². The topological polar surface area (TPSA) is 26.0 Å². The molecule has 0 aromatic heterocycles. The molecule has 0 aliphatic rings. The Kier molecular flexibility index (Phi) is 6.25. The molecule has 1 aromatic rings. The minimum atomic E-state index is -1.67. The molecular formula is C19H31NSi. The molecule has 0 amide bonds. The molecule has 0 spiro atoms. The summed E-state index contributed by atoms with van der Waals surface area (Å²) in [4.78, 5) is 0. The first-order valence-electron chi connectivity index (χ1n) is 8.09. The first-order valence-corrected chi connectivity index (χ1v) is 10.3. The maximum Gasteiger partial charge on any atom is 0.146 e. The minimum absolute atomic E-state index is 0.566. The molecule has 2 N–H and O–H groups in total. The summed E-state index contributed by atoms with van der Waals surface area (Å²) in [7, 11) is -1.67. The fourth-order valence-electron chi connectivity index (χ4n) is 3.70. The molecule has 0 bridgehead atoms. The predicted octanol–water partition coefficient (Wildman–Crippen LogP) is 5.02. The van der Waals surface area contributed by atoms with Gasteiger partial charge in [0.2, 0.25) is 0 Å². The van der Waals surface area contributed by atoms with Crippen molar-refractivity contribution in [3.8, 4) is 11.5 Å². The summed E-state index contributed by atoms with van der Waals surface area (Å²) in [5.41, 5.74) is 15.3. The molecule has 0 radical (unpaired) electrons. The molecule has 1 rings (SSSR count). The first-order chi connectivity index (χ1) is 9.77. The fraction of sp³-hybridized carbons (Fsp3) is 0.579. The van der Waals surface area contributed by atoms with Gasteiger partial charge >= 0.3 is 0 Å². The summed E-state index contributed by atoms with van der Waals surface area (Å²) in [5, 5.41) is 0. The molecule has 0 aliphatic carbocycles. The normalized spacial score (nSPS) is 12.0. The van der Waals surface area contributed by atoms with Crippen LogP contribution in [0.15, 0.2) is 18.2 Å². The van der Waals surface area contributed by atoms with E-state index >= 15 is 0 Å².